The Hall–Kier alpha value is -2.51. The molecule has 5 rings (SSSR count). The van der Waals surface area contributed by atoms with Crippen molar-refractivity contribution in [1.29, 1.82) is 0 Å². The molecule has 2 fully saturated rings. The van der Waals surface area contributed by atoms with Gasteiger partial charge in [-0.25, -0.2) is 4.98 Å². The Kier molecular flexibility index (Phi) is 6.11. The number of aromatic nitrogens is 2. The maximum Gasteiger partial charge on any atom is 0.255 e. The van der Waals surface area contributed by atoms with E-state index in [1.807, 2.05) is 30.0 Å². The van der Waals surface area contributed by atoms with Gasteiger partial charge in [-0.3, -0.25) is 14.5 Å². The zero-order valence-electron chi connectivity index (χ0n) is 18.8. The molecule has 1 aromatic carbocycles. The maximum absolute atomic E-state index is 13.1. The van der Waals surface area contributed by atoms with Crippen LogP contribution in [-0.4, -0.2) is 58.0 Å². The minimum atomic E-state index is -0.140. The highest BCUT2D eigenvalue weighted by atomic mass is 16.5. The molecule has 2 saturated heterocycles. The molecule has 1 N–H and O–H groups in total. The second-order valence-corrected chi connectivity index (χ2v) is 9.35. The summed E-state index contributed by atoms with van der Waals surface area (Å²) >= 11 is 0. The summed E-state index contributed by atoms with van der Waals surface area (Å²) in [5.74, 6) is 0.757. The number of hydrogen-bond acceptors (Lipinski definition) is 5. The van der Waals surface area contributed by atoms with Gasteiger partial charge in [0.15, 0.2) is 0 Å². The zero-order chi connectivity index (χ0) is 22.1. The summed E-state index contributed by atoms with van der Waals surface area (Å²) in [4.78, 5) is 38.4. The van der Waals surface area contributed by atoms with Gasteiger partial charge in [0, 0.05) is 45.3 Å². The molecular formula is C25H32N4O3. The first-order valence-corrected chi connectivity index (χ1v) is 11.9. The van der Waals surface area contributed by atoms with Crippen molar-refractivity contribution < 1.29 is 9.53 Å². The number of aryl methyl sites for hydroxylation is 1. The van der Waals surface area contributed by atoms with E-state index in [1.54, 1.807) is 0 Å². The lowest BCUT2D eigenvalue weighted by molar-refractivity contribution is -0.131. The standard InChI is InChI=1S/C25H32N4O3/c1-17-4-2-5-18(14-17)15-23(30)29-10-3-6-22(29)24-26-21-7-11-28(16-20(21)25(31)27-24)19-8-12-32-13-9-19/h2,4-5,14,19,22H,3,6-13,15-16H2,1H3,(H,26,27,31)/t22-/m1/s1. The Labute approximate surface area is 188 Å². The minimum Gasteiger partial charge on any atom is -0.381 e. The summed E-state index contributed by atoms with van der Waals surface area (Å²) in [6.45, 7) is 5.94. The van der Waals surface area contributed by atoms with Gasteiger partial charge >= 0.3 is 0 Å². The molecule has 0 unspecified atom stereocenters. The molecule has 32 heavy (non-hydrogen) atoms. The van der Waals surface area contributed by atoms with E-state index in [1.165, 1.54) is 0 Å². The van der Waals surface area contributed by atoms with Gasteiger partial charge in [0.1, 0.15) is 5.82 Å². The van der Waals surface area contributed by atoms with Crippen molar-refractivity contribution in [3.8, 4) is 0 Å². The first-order valence-electron chi connectivity index (χ1n) is 11.9. The molecule has 3 aliphatic heterocycles. The van der Waals surface area contributed by atoms with Crippen LogP contribution in [0.15, 0.2) is 29.1 Å². The summed E-state index contributed by atoms with van der Waals surface area (Å²) in [7, 11) is 0. The van der Waals surface area contributed by atoms with Crippen LogP contribution in [0.5, 0.6) is 0 Å². The lowest BCUT2D eigenvalue weighted by Crippen LogP contribution is -2.44. The quantitative estimate of drug-likeness (QED) is 0.797. The first kappa shape index (κ1) is 21.3. The maximum atomic E-state index is 13.1. The number of rotatable bonds is 4. The predicted molar refractivity (Wildman–Crippen MR) is 121 cm³/mol. The van der Waals surface area contributed by atoms with E-state index in [9.17, 15) is 9.59 Å². The third-order valence-corrected chi connectivity index (χ3v) is 7.15. The molecule has 0 aliphatic carbocycles. The van der Waals surface area contributed by atoms with Gasteiger partial charge in [-0.05, 0) is 38.2 Å². The van der Waals surface area contributed by atoms with Gasteiger partial charge in [0.25, 0.3) is 5.56 Å². The van der Waals surface area contributed by atoms with Gasteiger partial charge < -0.3 is 14.6 Å². The summed E-state index contributed by atoms with van der Waals surface area (Å²) in [6.07, 6.45) is 5.00. The van der Waals surface area contributed by atoms with E-state index in [2.05, 4.69) is 16.0 Å². The SMILES string of the molecule is Cc1cccc(CC(=O)N2CCC[C@@H]2c2nc3c(c(=O)[nH]2)CN(C2CCOCC2)CC3)c1. The van der Waals surface area contributed by atoms with Gasteiger partial charge in [-0.1, -0.05) is 29.8 Å². The Morgan fingerprint density at radius 1 is 1.22 bits per heavy atom. The fourth-order valence-corrected chi connectivity index (χ4v) is 5.43. The van der Waals surface area contributed by atoms with Crippen molar-refractivity contribution in [3.05, 3.63) is 62.8 Å². The predicted octanol–water partition coefficient (Wildman–Crippen LogP) is 2.52. The molecule has 1 amide bonds. The van der Waals surface area contributed by atoms with Crippen LogP contribution in [0.3, 0.4) is 0 Å². The van der Waals surface area contributed by atoms with Crippen molar-refractivity contribution in [1.82, 2.24) is 19.8 Å². The molecule has 1 aromatic heterocycles. The lowest BCUT2D eigenvalue weighted by Gasteiger charge is -2.37. The number of fused-ring (bicyclic) bond motifs is 1. The monoisotopic (exact) mass is 436 g/mol. The minimum absolute atomic E-state index is 0.0419. The van der Waals surface area contributed by atoms with Gasteiger partial charge in [0.2, 0.25) is 5.91 Å². The van der Waals surface area contributed by atoms with E-state index in [0.717, 1.165) is 74.2 Å². The highest BCUT2D eigenvalue weighted by Crippen LogP contribution is 2.31. The Morgan fingerprint density at radius 2 is 2.06 bits per heavy atom. The molecule has 0 spiro atoms. The van der Waals surface area contributed by atoms with Crippen LogP contribution in [0, 0.1) is 6.92 Å². The molecule has 4 heterocycles. The van der Waals surface area contributed by atoms with Crippen molar-refractivity contribution in [2.45, 2.75) is 64.1 Å². The molecule has 1 atom stereocenters. The van der Waals surface area contributed by atoms with E-state index in [-0.39, 0.29) is 17.5 Å². The Balaban J connectivity index is 1.33. The highest BCUT2D eigenvalue weighted by Gasteiger charge is 2.34. The van der Waals surface area contributed by atoms with E-state index >= 15 is 0 Å². The molecule has 3 aliphatic rings. The summed E-state index contributed by atoms with van der Waals surface area (Å²) in [6, 6.07) is 8.44. The normalized spacial score (nSPS) is 22.2. The number of nitrogens with one attached hydrogen (secondary N) is 1. The first-order chi connectivity index (χ1) is 15.6. The van der Waals surface area contributed by atoms with Gasteiger partial charge in [-0.15, -0.1) is 0 Å². The molecule has 7 heteroatoms. The smallest absolute Gasteiger partial charge is 0.255 e. The van der Waals surface area contributed by atoms with E-state index in [0.29, 0.717) is 31.4 Å². The number of carbonyl (C=O) groups is 1. The fraction of sp³-hybridized carbons (Fsp3) is 0.560. The number of hydrogen-bond donors (Lipinski definition) is 1. The van der Waals surface area contributed by atoms with Crippen molar-refractivity contribution >= 4 is 5.91 Å². The number of amides is 1. The highest BCUT2D eigenvalue weighted by molar-refractivity contribution is 5.79. The summed E-state index contributed by atoms with van der Waals surface area (Å²) in [5, 5.41) is 0. The molecule has 0 radical (unpaired) electrons. The van der Waals surface area contributed by atoms with Crippen LogP contribution in [0.2, 0.25) is 0 Å². The van der Waals surface area contributed by atoms with Crippen LogP contribution in [-0.2, 0) is 28.9 Å². The average Bonchev–Trinajstić information content (AvgIpc) is 3.30. The van der Waals surface area contributed by atoms with Crippen LogP contribution in [0.1, 0.15) is 59.9 Å². The average molecular weight is 437 g/mol. The number of carbonyl (C=O) groups excluding carboxylic acids is 1. The van der Waals surface area contributed by atoms with Crippen LogP contribution in [0.4, 0.5) is 0 Å². The number of ether oxygens (including phenoxy) is 1. The number of likely N-dealkylation sites (tertiary alicyclic amines) is 1. The van der Waals surface area contributed by atoms with E-state index < -0.39 is 0 Å². The van der Waals surface area contributed by atoms with Gasteiger partial charge in [-0.2, -0.15) is 0 Å². The van der Waals surface area contributed by atoms with Crippen LogP contribution >= 0.6 is 0 Å². The topological polar surface area (TPSA) is 78.5 Å². The molecule has 7 nitrogen and oxygen atoms in total. The molecular weight excluding hydrogens is 404 g/mol. The largest absolute Gasteiger partial charge is 0.381 e. The number of benzene rings is 1. The third kappa shape index (κ3) is 4.36. The number of aromatic amines is 1. The van der Waals surface area contributed by atoms with Crippen LogP contribution in [0.25, 0.3) is 0 Å². The van der Waals surface area contributed by atoms with E-state index in [4.69, 9.17) is 9.72 Å². The second kappa shape index (κ2) is 9.16. The lowest BCUT2D eigenvalue weighted by atomic mass is 10.0. The van der Waals surface area contributed by atoms with Crippen molar-refractivity contribution in [2.75, 3.05) is 26.3 Å². The fourth-order valence-electron chi connectivity index (χ4n) is 5.43. The number of nitrogens with zero attached hydrogens (tertiary/aromatic N) is 3. The molecule has 0 bridgehead atoms. The Bertz CT molecular complexity index is 1040. The molecule has 2 aromatic rings. The third-order valence-electron chi connectivity index (χ3n) is 7.15. The Morgan fingerprint density at radius 3 is 2.88 bits per heavy atom. The van der Waals surface area contributed by atoms with Crippen molar-refractivity contribution in [2.24, 2.45) is 0 Å². The zero-order valence-corrected chi connectivity index (χ0v) is 18.8. The van der Waals surface area contributed by atoms with Gasteiger partial charge in [0.05, 0.1) is 23.7 Å². The van der Waals surface area contributed by atoms with Crippen molar-refractivity contribution in [3.63, 3.8) is 0 Å². The summed E-state index contributed by atoms with van der Waals surface area (Å²) in [5.41, 5.74) is 3.84. The molecule has 0 saturated carbocycles. The number of H-pyrrole nitrogens is 1. The van der Waals surface area contributed by atoms with Crippen LogP contribution < -0.4 is 5.56 Å². The molecule has 170 valence electrons. The summed E-state index contributed by atoms with van der Waals surface area (Å²) < 4.78 is 5.49. The second-order valence-electron chi connectivity index (χ2n) is 9.35.